The molecule has 1 atom stereocenters. The molecule has 11 heavy (non-hydrogen) atoms. The van der Waals surface area contributed by atoms with Gasteiger partial charge < -0.3 is 10.1 Å². The monoisotopic (exact) mass is 159 g/mol. The minimum atomic E-state index is -0.142. The highest BCUT2D eigenvalue weighted by Gasteiger charge is 2.14. The first-order valence-corrected chi connectivity index (χ1v) is 4.16. The van der Waals surface area contributed by atoms with E-state index in [4.69, 9.17) is 4.74 Å². The Morgan fingerprint density at radius 1 is 1.45 bits per heavy atom. The minimum absolute atomic E-state index is 0.125. The van der Waals surface area contributed by atoms with Crippen LogP contribution in [0.25, 0.3) is 0 Å². The predicted octanol–water partition coefficient (Wildman–Crippen LogP) is 0.938. The Labute approximate surface area is 68.1 Å². The molecule has 3 nitrogen and oxygen atoms in total. The highest BCUT2D eigenvalue weighted by molar-refractivity contribution is 5.75. The summed E-state index contributed by atoms with van der Waals surface area (Å²) in [6.07, 6.45) is 0.784. The lowest BCUT2D eigenvalue weighted by molar-refractivity contribution is -0.145. The van der Waals surface area contributed by atoms with Crippen LogP contribution >= 0.6 is 0 Å². The number of nitrogens with one attached hydrogen (secondary N) is 1. The standard InChI is InChI=1S/C8H17NO2/c1-4-7(9-5-2)8(10)11-6-3/h7,9H,4-6H2,1-3H3. The largest absolute Gasteiger partial charge is 0.465 e. The summed E-state index contributed by atoms with van der Waals surface area (Å²) in [6, 6.07) is -0.125. The maximum Gasteiger partial charge on any atom is 0.323 e. The molecule has 0 saturated heterocycles. The normalized spacial score (nSPS) is 12.6. The number of rotatable bonds is 5. The first kappa shape index (κ1) is 10.4. The third-order valence-corrected chi connectivity index (χ3v) is 1.43. The zero-order chi connectivity index (χ0) is 8.69. The quantitative estimate of drug-likeness (QED) is 0.607. The number of hydrogen-bond acceptors (Lipinski definition) is 3. The molecule has 0 rings (SSSR count). The van der Waals surface area contributed by atoms with Crippen molar-refractivity contribution in [1.29, 1.82) is 0 Å². The van der Waals surface area contributed by atoms with Gasteiger partial charge in [0.1, 0.15) is 6.04 Å². The van der Waals surface area contributed by atoms with Crippen molar-refractivity contribution in [2.75, 3.05) is 13.2 Å². The summed E-state index contributed by atoms with van der Waals surface area (Å²) in [4.78, 5) is 11.1. The van der Waals surface area contributed by atoms with Gasteiger partial charge in [0.15, 0.2) is 0 Å². The molecule has 0 aliphatic rings. The summed E-state index contributed by atoms with van der Waals surface area (Å²) in [5, 5.41) is 3.04. The van der Waals surface area contributed by atoms with Gasteiger partial charge in [0, 0.05) is 0 Å². The van der Waals surface area contributed by atoms with E-state index in [1.807, 2.05) is 20.8 Å². The van der Waals surface area contributed by atoms with Crippen LogP contribution in [0.4, 0.5) is 0 Å². The van der Waals surface area contributed by atoms with Crippen molar-refractivity contribution >= 4 is 5.97 Å². The molecule has 1 N–H and O–H groups in total. The van der Waals surface area contributed by atoms with E-state index in [0.717, 1.165) is 13.0 Å². The molecule has 0 bridgehead atoms. The molecule has 0 spiro atoms. The molecule has 3 heteroatoms. The predicted molar refractivity (Wildman–Crippen MR) is 44.4 cm³/mol. The number of ether oxygens (including phenoxy) is 1. The summed E-state index contributed by atoms with van der Waals surface area (Å²) in [6.45, 7) is 7.01. The molecule has 0 heterocycles. The molecule has 0 aromatic carbocycles. The fourth-order valence-electron chi connectivity index (χ4n) is 0.884. The Morgan fingerprint density at radius 3 is 2.45 bits per heavy atom. The number of likely N-dealkylation sites (N-methyl/N-ethyl adjacent to an activating group) is 1. The summed E-state index contributed by atoms with van der Waals surface area (Å²) >= 11 is 0. The van der Waals surface area contributed by atoms with E-state index in [-0.39, 0.29) is 12.0 Å². The highest BCUT2D eigenvalue weighted by Crippen LogP contribution is 1.93. The van der Waals surface area contributed by atoms with Gasteiger partial charge in [-0.15, -0.1) is 0 Å². The van der Waals surface area contributed by atoms with Gasteiger partial charge in [-0.05, 0) is 19.9 Å². The van der Waals surface area contributed by atoms with Gasteiger partial charge in [-0.3, -0.25) is 4.79 Å². The topological polar surface area (TPSA) is 38.3 Å². The van der Waals surface area contributed by atoms with Crippen LogP contribution < -0.4 is 5.32 Å². The Balaban J connectivity index is 3.71. The number of hydrogen-bond donors (Lipinski definition) is 1. The molecule has 0 amide bonds. The van der Waals surface area contributed by atoms with E-state index in [9.17, 15) is 4.79 Å². The molecule has 0 aromatic rings. The number of esters is 1. The minimum Gasteiger partial charge on any atom is -0.465 e. The fraction of sp³-hybridized carbons (Fsp3) is 0.875. The van der Waals surface area contributed by atoms with Crippen LogP contribution in [-0.2, 0) is 9.53 Å². The maximum atomic E-state index is 11.1. The van der Waals surface area contributed by atoms with Gasteiger partial charge in [0.2, 0.25) is 0 Å². The van der Waals surface area contributed by atoms with Crippen LogP contribution in [0.1, 0.15) is 27.2 Å². The van der Waals surface area contributed by atoms with E-state index < -0.39 is 0 Å². The van der Waals surface area contributed by atoms with E-state index in [1.165, 1.54) is 0 Å². The Kier molecular flexibility index (Phi) is 5.84. The number of carbonyl (C=O) groups is 1. The SMILES string of the molecule is CCNC(CC)C(=O)OCC. The van der Waals surface area contributed by atoms with Crippen LogP contribution in [0.3, 0.4) is 0 Å². The van der Waals surface area contributed by atoms with E-state index >= 15 is 0 Å². The van der Waals surface area contributed by atoms with Gasteiger partial charge in [-0.2, -0.15) is 0 Å². The third kappa shape index (κ3) is 3.98. The molecular weight excluding hydrogens is 142 g/mol. The van der Waals surface area contributed by atoms with Crippen molar-refractivity contribution in [3.8, 4) is 0 Å². The molecule has 1 unspecified atom stereocenters. The Morgan fingerprint density at radius 2 is 2.09 bits per heavy atom. The van der Waals surface area contributed by atoms with Crippen LogP contribution in [0, 0.1) is 0 Å². The Bertz CT molecular complexity index is 115. The molecule has 0 saturated carbocycles. The van der Waals surface area contributed by atoms with E-state index in [2.05, 4.69) is 5.32 Å². The van der Waals surface area contributed by atoms with Crippen molar-refractivity contribution < 1.29 is 9.53 Å². The second-order valence-corrected chi connectivity index (χ2v) is 2.27. The summed E-state index contributed by atoms with van der Waals surface area (Å²) in [5.41, 5.74) is 0. The van der Waals surface area contributed by atoms with Crippen LogP contribution in [0.5, 0.6) is 0 Å². The van der Waals surface area contributed by atoms with Crippen LogP contribution in [0.15, 0.2) is 0 Å². The molecule has 0 fully saturated rings. The molecule has 0 radical (unpaired) electrons. The van der Waals surface area contributed by atoms with Gasteiger partial charge in [-0.1, -0.05) is 13.8 Å². The molecular formula is C8H17NO2. The molecule has 0 aliphatic carbocycles. The maximum absolute atomic E-state index is 11.1. The smallest absolute Gasteiger partial charge is 0.323 e. The van der Waals surface area contributed by atoms with Gasteiger partial charge >= 0.3 is 5.97 Å². The van der Waals surface area contributed by atoms with Gasteiger partial charge in [-0.25, -0.2) is 0 Å². The van der Waals surface area contributed by atoms with Crippen LogP contribution in [0.2, 0.25) is 0 Å². The average molecular weight is 159 g/mol. The van der Waals surface area contributed by atoms with Crippen LogP contribution in [-0.4, -0.2) is 25.2 Å². The molecule has 0 aliphatic heterocycles. The van der Waals surface area contributed by atoms with Gasteiger partial charge in [0.25, 0.3) is 0 Å². The summed E-state index contributed by atoms with van der Waals surface area (Å²) in [7, 11) is 0. The van der Waals surface area contributed by atoms with Crippen molar-refractivity contribution in [1.82, 2.24) is 5.32 Å². The van der Waals surface area contributed by atoms with E-state index in [1.54, 1.807) is 0 Å². The van der Waals surface area contributed by atoms with Crippen molar-refractivity contribution in [3.05, 3.63) is 0 Å². The Hall–Kier alpha value is -0.570. The lowest BCUT2D eigenvalue weighted by atomic mass is 10.2. The number of carbonyl (C=O) groups excluding carboxylic acids is 1. The highest BCUT2D eigenvalue weighted by atomic mass is 16.5. The fourth-order valence-corrected chi connectivity index (χ4v) is 0.884. The van der Waals surface area contributed by atoms with Crippen molar-refractivity contribution in [3.63, 3.8) is 0 Å². The third-order valence-electron chi connectivity index (χ3n) is 1.43. The van der Waals surface area contributed by atoms with Gasteiger partial charge in [0.05, 0.1) is 6.61 Å². The second-order valence-electron chi connectivity index (χ2n) is 2.27. The van der Waals surface area contributed by atoms with E-state index in [0.29, 0.717) is 6.61 Å². The van der Waals surface area contributed by atoms with Crippen molar-refractivity contribution in [2.24, 2.45) is 0 Å². The molecule has 0 aromatic heterocycles. The lowest BCUT2D eigenvalue weighted by Crippen LogP contribution is -2.37. The lowest BCUT2D eigenvalue weighted by Gasteiger charge is -2.13. The average Bonchev–Trinajstić information content (AvgIpc) is 2.00. The first-order chi connectivity index (χ1) is 5.26. The van der Waals surface area contributed by atoms with Crippen molar-refractivity contribution in [2.45, 2.75) is 33.2 Å². The molecule has 66 valence electrons. The summed E-state index contributed by atoms with van der Waals surface area (Å²) < 4.78 is 4.85. The second kappa shape index (κ2) is 6.16. The zero-order valence-corrected chi connectivity index (χ0v) is 7.52. The summed E-state index contributed by atoms with van der Waals surface area (Å²) in [5.74, 6) is -0.142. The first-order valence-electron chi connectivity index (χ1n) is 4.16. The zero-order valence-electron chi connectivity index (χ0n) is 7.52.